The number of aryl methyl sites for hydroxylation is 1. The molecule has 0 radical (unpaired) electrons. The van der Waals surface area contributed by atoms with Gasteiger partial charge in [0.05, 0.1) is 10.7 Å². The zero-order valence-electron chi connectivity index (χ0n) is 14.1. The first-order valence-electron chi connectivity index (χ1n) is 8.41. The molecule has 1 aliphatic rings. The molecule has 0 N–H and O–H groups in total. The van der Waals surface area contributed by atoms with Crippen LogP contribution >= 0.6 is 11.6 Å². The number of halogens is 3. The van der Waals surface area contributed by atoms with Gasteiger partial charge in [0.25, 0.3) is 0 Å². The maximum atomic E-state index is 14.5. The van der Waals surface area contributed by atoms with E-state index in [9.17, 15) is 8.78 Å². The van der Waals surface area contributed by atoms with E-state index in [1.807, 2.05) is 6.92 Å². The number of rotatable bonds is 2. The Balaban J connectivity index is 1.96. The molecule has 0 bridgehead atoms. The highest BCUT2D eigenvalue weighted by molar-refractivity contribution is 6.30. The van der Waals surface area contributed by atoms with Gasteiger partial charge >= 0.3 is 0 Å². The van der Waals surface area contributed by atoms with Crippen LogP contribution in [-0.4, -0.2) is 28.2 Å². The molecule has 1 saturated heterocycles. The van der Waals surface area contributed by atoms with E-state index >= 15 is 0 Å². The van der Waals surface area contributed by atoms with Gasteiger partial charge in [-0.1, -0.05) is 11.6 Å². The van der Waals surface area contributed by atoms with Crippen molar-refractivity contribution >= 4 is 22.6 Å². The lowest BCUT2D eigenvalue weighted by Gasteiger charge is -2.21. The Morgan fingerprint density at radius 3 is 2.58 bits per heavy atom. The number of pyridine rings is 1. The van der Waals surface area contributed by atoms with Gasteiger partial charge in [0.2, 0.25) is 0 Å². The molecular formula is C19H16ClF2N3O. The van der Waals surface area contributed by atoms with Gasteiger partial charge in [-0.3, -0.25) is 0 Å². The predicted molar refractivity (Wildman–Crippen MR) is 95.2 cm³/mol. The fraction of sp³-hybridized carbons (Fsp3) is 0.316. The third-order valence-electron chi connectivity index (χ3n) is 4.57. The summed E-state index contributed by atoms with van der Waals surface area (Å²) in [6.45, 7) is 3.12. The zero-order chi connectivity index (χ0) is 18.3. The molecule has 26 heavy (non-hydrogen) atoms. The smallest absolute Gasteiger partial charge is 0.163 e. The van der Waals surface area contributed by atoms with E-state index in [2.05, 4.69) is 15.0 Å². The normalized spacial score (nSPS) is 15.5. The fourth-order valence-corrected chi connectivity index (χ4v) is 3.32. The number of hydrogen-bond donors (Lipinski definition) is 0. The standard InChI is InChI=1S/C19H16ClF2N3O/c1-10-2-3-12-17(13-8-16(22)14(20)9-15(13)21)24-18(25-19(12)23-10)11-4-6-26-7-5-11/h2-3,8-9,11H,4-7H2,1H3. The Hall–Kier alpha value is -2.18. The second-order valence-corrected chi connectivity index (χ2v) is 6.79. The number of nitrogens with zero attached hydrogens (tertiary/aromatic N) is 3. The summed E-state index contributed by atoms with van der Waals surface area (Å²) >= 11 is 5.69. The molecule has 3 aromatic rings. The van der Waals surface area contributed by atoms with Crippen molar-refractivity contribution in [3.63, 3.8) is 0 Å². The summed E-state index contributed by atoms with van der Waals surface area (Å²) in [5.41, 5.74) is 1.66. The zero-order valence-corrected chi connectivity index (χ0v) is 14.9. The third-order valence-corrected chi connectivity index (χ3v) is 4.86. The topological polar surface area (TPSA) is 47.9 Å². The summed E-state index contributed by atoms with van der Waals surface area (Å²) < 4.78 is 33.9. The van der Waals surface area contributed by atoms with Crippen molar-refractivity contribution < 1.29 is 13.5 Å². The van der Waals surface area contributed by atoms with E-state index in [-0.39, 0.29) is 16.5 Å². The van der Waals surface area contributed by atoms with Crippen LogP contribution in [0.25, 0.3) is 22.3 Å². The predicted octanol–water partition coefficient (Wildman–Crippen LogP) is 4.83. The molecule has 4 nitrogen and oxygen atoms in total. The van der Waals surface area contributed by atoms with Crippen molar-refractivity contribution in [2.75, 3.05) is 13.2 Å². The maximum Gasteiger partial charge on any atom is 0.163 e. The van der Waals surface area contributed by atoms with E-state index < -0.39 is 11.6 Å². The molecule has 7 heteroatoms. The first-order chi connectivity index (χ1) is 12.5. The van der Waals surface area contributed by atoms with Crippen LogP contribution in [0, 0.1) is 18.6 Å². The molecule has 1 fully saturated rings. The van der Waals surface area contributed by atoms with Crippen LogP contribution in [0.15, 0.2) is 24.3 Å². The largest absolute Gasteiger partial charge is 0.381 e. The van der Waals surface area contributed by atoms with E-state index in [0.717, 1.165) is 30.7 Å². The molecule has 2 aromatic heterocycles. The molecule has 4 rings (SSSR count). The molecule has 0 spiro atoms. The molecule has 0 atom stereocenters. The molecule has 3 heterocycles. The average Bonchev–Trinajstić information content (AvgIpc) is 2.64. The lowest BCUT2D eigenvalue weighted by Crippen LogP contribution is -2.17. The van der Waals surface area contributed by atoms with Crippen LogP contribution in [0.3, 0.4) is 0 Å². The molecule has 0 unspecified atom stereocenters. The number of fused-ring (bicyclic) bond motifs is 1. The van der Waals surface area contributed by atoms with Gasteiger partial charge in [-0.05, 0) is 44.0 Å². The summed E-state index contributed by atoms with van der Waals surface area (Å²) in [6, 6.07) is 5.63. The van der Waals surface area contributed by atoms with Crippen LogP contribution < -0.4 is 0 Å². The number of benzene rings is 1. The van der Waals surface area contributed by atoms with Gasteiger partial charge in [0, 0.05) is 35.8 Å². The molecule has 134 valence electrons. The Morgan fingerprint density at radius 1 is 1.04 bits per heavy atom. The van der Waals surface area contributed by atoms with E-state index in [1.165, 1.54) is 0 Å². The molecule has 1 aromatic carbocycles. The highest BCUT2D eigenvalue weighted by Gasteiger charge is 2.23. The van der Waals surface area contributed by atoms with E-state index in [1.54, 1.807) is 12.1 Å². The Labute approximate surface area is 154 Å². The van der Waals surface area contributed by atoms with Gasteiger partial charge in [-0.2, -0.15) is 0 Å². The van der Waals surface area contributed by atoms with Crippen LogP contribution in [0.2, 0.25) is 5.02 Å². The summed E-state index contributed by atoms with van der Waals surface area (Å²) in [5.74, 6) is -0.629. The summed E-state index contributed by atoms with van der Waals surface area (Å²) in [4.78, 5) is 13.7. The Bertz CT molecular complexity index is 990. The average molecular weight is 376 g/mol. The molecular weight excluding hydrogens is 360 g/mol. The van der Waals surface area contributed by atoms with Crippen LogP contribution in [0.5, 0.6) is 0 Å². The van der Waals surface area contributed by atoms with Crippen molar-refractivity contribution in [2.24, 2.45) is 0 Å². The lowest BCUT2D eigenvalue weighted by molar-refractivity contribution is 0.0836. The highest BCUT2D eigenvalue weighted by Crippen LogP contribution is 2.33. The van der Waals surface area contributed by atoms with Crippen molar-refractivity contribution in [1.82, 2.24) is 15.0 Å². The van der Waals surface area contributed by atoms with E-state index in [4.69, 9.17) is 16.3 Å². The number of hydrogen-bond acceptors (Lipinski definition) is 4. The summed E-state index contributed by atoms with van der Waals surface area (Å²) in [5, 5.41) is 0.315. The quantitative estimate of drug-likeness (QED) is 0.602. The summed E-state index contributed by atoms with van der Waals surface area (Å²) in [7, 11) is 0. The van der Waals surface area contributed by atoms with Gasteiger partial charge < -0.3 is 4.74 Å². The number of aromatic nitrogens is 3. The lowest BCUT2D eigenvalue weighted by atomic mass is 9.98. The fourth-order valence-electron chi connectivity index (χ4n) is 3.17. The minimum atomic E-state index is -0.692. The monoisotopic (exact) mass is 375 g/mol. The maximum absolute atomic E-state index is 14.5. The third kappa shape index (κ3) is 3.15. The highest BCUT2D eigenvalue weighted by atomic mass is 35.5. The van der Waals surface area contributed by atoms with Gasteiger partial charge in [-0.15, -0.1) is 0 Å². The van der Waals surface area contributed by atoms with Crippen molar-refractivity contribution in [3.05, 3.63) is 52.4 Å². The first-order valence-corrected chi connectivity index (χ1v) is 8.78. The van der Waals surface area contributed by atoms with Gasteiger partial charge in [0.1, 0.15) is 17.5 Å². The molecule has 0 aliphatic carbocycles. The van der Waals surface area contributed by atoms with Crippen LogP contribution in [0.1, 0.15) is 30.3 Å². The van der Waals surface area contributed by atoms with Crippen LogP contribution in [-0.2, 0) is 4.74 Å². The Morgan fingerprint density at radius 2 is 1.81 bits per heavy atom. The molecule has 1 aliphatic heterocycles. The van der Waals surface area contributed by atoms with Crippen LogP contribution in [0.4, 0.5) is 8.78 Å². The van der Waals surface area contributed by atoms with Gasteiger partial charge in [0.15, 0.2) is 5.65 Å². The minimum Gasteiger partial charge on any atom is -0.381 e. The van der Waals surface area contributed by atoms with Gasteiger partial charge in [-0.25, -0.2) is 23.7 Å². The summed E-state index contributed by atoms with van der Waals surface area (Å²) in [6.07, 6.45) is 1.57. The Kier molecular flexibility index (Phi) is 4.54. The molecule has 0 saturated carbocycles. The molecule has 0 amide bonds. The van der Waals surface area contributed by atoms with E-state index in [0.29, 0.717) is 35.8 Å². The van der Waals surface area contributed by atoms with Crippen molar-refractivity contribution in [2.45, 2.75) is 25.7 Å². The number of ether oxygens (including phenoxy) is 1. The second kappa shape index (κ2) is 6.85. The van der Waals surface area contributed by atoms with Crippen molar-refractivity contribution in [1.29, 1.82) is 0 Å². The SMILES string of the molecule is Cc1ccc2c(-c3cc(F)c(Cl)cc3F)nc(C3CCOCC3)nc2n1. The second-order valence-electron chi connectivity index (χ2n) is 6.39. The minimum absolute atomic E-state index is 0.0539. The first kappa shape index (κ1) is 17.2. The van der Waals surface area contributed by atoms with Crippen molar-refractivity contribution in [3.8, 4) is 11.3 Å².